The minimum atomic E-state index is -0.461. The number of anilines is 1. The Bertz CT molecular complexity index is 913. The second-order valence-electron chi connectivity index (χ2n) is 7.10. The molecule has 3 rings (SSSR count). The number of halogens is 2. The molecule has 1 aliphatic rings. The van der Waals surface area contributed by atoms with Crippen LogP contribution in [-0.2, 0) is 11.3 Å². The summed E-state index contributed by atoms with van der Waals surface area (Å²) in [5.74, 6) is 0.306. The molecule has 1 saturated heterocycles. The third-order valence-corrected chi connectivity index (χ3v) is 5.10. The number of ether oxygens (including phenoxy) is 1. The lowest BCUT2D eigenvalue weighted by Crippen LogP contribution is -2.53. The molecule has 2 N–H and O–H groups in total. The van der Waals surface area contributed by atoms with E-state index in [-0.39, 0.29) is 18.1 Å². The van der Waals surface area contributed by atoms with Gasteiger partial charge < -0.3 is 25.2 Å². The molecule has 1 fully saturated rings. The van der Waals surface area contributed by atoms with Crippen molar-refractivity contribution in [1.82, 2.24) is 15.5 Å². The molecule has 0 bridgehead atoms. The number of nitrogens with zero attached hydrogens (tertiary/aromatic N) is 3. The number of piperazine rings is 1. The fourth-order valence-electron chi connectivity index (χ4n) is 3.39. The summed E-state index contributed by atoms with van der Waals surface area (Å²) in [6, 6.07) is 10.9. The lowest BCUT2D eigenvalue weighted by molar-refractivity contribution is -0.120. The van der Waals surface area contributed by atoms with Gasteiger partial charge in [-0.05, 0) is 29.8 Å². The lowest BCUT2D eigenvalue weighted by Gasteiger charge is -2.37. The number of hydrogen-bond donors (Lipinski definition) is 2. The minimum Gasteiger partial charge on any atom is -0.497 e. The van der Waals surface area contributed by atoms with Crippen LogP contribution in [0.2, 0.25) is 0 Å². The first-order chi connectivity index (χ1) is 15.0. The summed E-state index contributed by atoms with van der Waals surface area (Å²) in [4.78, 5) is 20.2. The highest BCUT2D eigenvalue weighted by molar-refractivity contribution is 5.86. The molecular weight excluding hydrogens is 404 g/mol. The number of benzene rings is 2. The first-order valence-corrected chi connectivity index (χ1v) is 10.1. The van der Waals surface area contributed by atoms with Gasteiger partial charge >= 0.3 is 0 Å². The summed E-state index contributed by atoms with van der Waals surface area (Å²) in [5.41, 5.74) is 1.24. The Kier molecular flexibility index (Phi) is 7.64. The number of amides is 1. The number of aliphatic imine (C=N–C) groups is 1. The molecule has 166 valence electrons. The van der Waals surface area contributed by atoms with Crippen LogP contribution < -0.4 is 20.3 Å². The molecular formula is C22H27F2N5O2. The average molecular weight is 431 g/mol. The van der Waals surface area contributed by atoms with Crippen LogP contribution in [0.5, 0.6) is 5.75 Å². The number of carbonyl (C=O) groups is 1. The fourth-order valence-corrected chi connectivity index (χ4v) is 3.39. The average Bonchev–Trinajstić information content (AvgIpc) is 2.80. The van der Waals surface area contributed by atoms with Crippen LogP contribution in [-0.4, -0.2) is 63.6 Å². The zero-order valence-corrected chi connectivity index (χ0v) is 17.7. The Morgan fingerprint density at radius 1 is 1.06 bits per heavy atom. The van der Waals surface area contributed by atoms with Crippen LogP contribution in [0.4, 0.5) is 14.5 Å². The number of rotatable bonds is 6. The molecule has 0 saturated carbocycles. The molecule has 31 heavy (non-hydrogen) atoms. The molecule has 7 nitrogen and oxygen atoms in total. The summed E-state index contributed by atoms with van der Waals surface area (Å²) >= 11 is 0. The van der Waals surface area contributed by atoms with Crippen LogP contribution in [0.25, 0.3) is 0 Å². The number of methoxy groups -OCH3 is 1. The monoisotopic (exact) mass is 431 g/mol. The highest BCUT2D eigenvalue weighted by atomic mass is 19.1. The molecule has 2 aromatic carbocycles. The van der Waals surface area contributed by atoms with Gasteiger partial charge in [0.1, 0.15) is 17.4 Å². The lowest BCUT2D eigenvalue weighted by atomic mass is 10.2. The van der Waals surface area contributed by atoms with E-state index in [0.717, 1.165) is 23.4 Å². The van der Waals surface area contributed by atoms with E-state index in [9.17, 15) is 13.6 Å². The maximum Gasteiger partial charge on any atom is 0.239 e. The Labute approximate surface area is 180 Å². The first-order valence-electron chi connectivity index (χ1n) is 10.1. The van der Waals surface area contributed by atoms with E-state index >= 15 is 0 Å². The first kappa shape index (κ1) is 22.3. The molecule has 0 unspecified atom stereocenters. The molecule has 0 radical (unpaired) electrons. The van der Waals surface area contributed by atoms with Crippen molar-refractivity contribution >= 4 is 17.6 Å². The normalized spacial score (nSPS) is 14.4. The molecule has 9 heteroatoms. The van der Waals surface area contributed by atoms with Crippen molar-refractivity contribution in [3.8, 4) is 5.75 Å². The van der Waals surface area contributed by atoms with E-state index in [1.807, 2.05) is 34.1 Å². The van der Waals surface area contributed by atoms with Gasteiger partial charge in [0.15, 0.2) is 5.96 Å². The highest BCUT2D eigenvalue weighted by Crippen LogP contribution is 2.21. The summed E-state index contributed by atoms with van der Waals surface area (Å²) in [6.07, 6.45) is 0. The predicted molar refractivity (Wildman–Crippen MR) is 116 cm³/mol. The van der Waals surface area contributed by atoms with Crippen LogP contribution in [0.3, 0.4) is 0 Å². The Balaban J connectivity index is 1.45. The van der Waals surface area contributed by atoms with Gasteiger partial charge in [-0.3, -0.25) is 9.79 Å². The quantitative estimate of drug-likeness (QED) is 0.541. The zero-order valence-electron chi connectivity index (χ0n) is 17.7. The molecule has 0 aliphatic carbocycles. The van der Waals surface area contributed by atoms with Crippen LogP contribution in [0.15, 0.2) is 47.5 Å². The number of guanidine groups is 1. The van der Waals surface area contributed by atoms with E-state index in [4.69, 9.17) is 4.74 Å². The van der Waals surface area contributed by atoms with Crippen LogP contribution in [0.1, 0.15) is 5.56 Å². The second-order valence-corrected chi connectivity index (χ2v) is 7.10. The Hall–Kier alpha value is -3.36. The maximum absolute atomic E-state index is 14.0. The molecule has 1 heterocycles. The SMILES string of the molecule is CN=C(NCC(=O)NCc1ccc(OC)cc1)N1CCN(c2cc(F)ccc2F)CC1. The highest BCUT2D eigenvalue weighted by Gasteiger charge is 2.22. The molecule has 1 amide bonds. The van der Waals surface area contributed by atoms with E-state index in [2.05, 4.69) is 15.6 Å². The van der Waals surface area contributed by atoms with Crippen molar-refractivity contribution in [2.24, 2.45) is 4.99 Å². The van der Waals surface area contributed by atoms with Crippen molar-refractivity contribution in [3.63, 3.8) is 0 Å². The zero-order chi connectivity index (χ0) is 22.2. The second kappa shape index (κ2) is 10.6. The van der Waals surface area contributed by atoms with Gasteiger partial charge in [-0.2, -0.15) is 0 Å². The van der Waals surface area contributed by atoms with Crippen molar-refractivity contribution < 1.29 is 18.3 Å². The van der Waals surface area contributed by atoms with Gasteiger partial charge in [0.25, 0.3) is 0 Å². The van der Waals surface area contributed by atoms with Crippen molar-refractivity contribution in [1.29, 1.82) is 0 Å². The van der Waals surface area contributed by atoms with Gasteiger partial charge in [-0.15, -0.1) is 0 Å². The summed E-state index contributed by atoms with van der Waals surface area (Å²) < 4.78 is 32.6. The third kappa shape index (κ3) is 6.07. The molecule has 0 aromatic heterocycles. The maximum atomic E-state index is 14.0. The van der Waals surface area contributed by atoms with Crippen molar-refractivity contribution in [2.45, 2.75) is 6.54 Å². The van der Waals surface area contributed by atoms with Crippen LogP contribution in [0, 0.1) is 11.6 Å². The number of carbonyl (C=O) groups excluding carboxylic acids is 1. The van der Waals surface area contributed by atoms with E-state index < -0.39 is 11.6 Å². The third-order valence-electron chi connectivity index (χ3n) is 5.10. The molecule has 0 atom stereocenters. The van der Waals surface area contributed by atoms with E-state index in [1.54, 1.807) is 14.2 Å². The number of nitrogens with one attached hydrogen (secondary N) is 2. The van der Waals surface area contributed by atoms with Gasteiger partial charge in [-0.25, -0.2) is 8.78 Å². The topological polar surface area (TPSA) is 69.2 Å². The summed E-state index contributed by atoms with van der Waals surface area (Å²) in [7, 11) is 3.26. The van der Waals surface area contributed by atoms with Gasteiger partial charge in [-0.1, -0.05) is 12.1 Å². The van der Waals surface area contributed by atoms with Gasteiger partial charge in [0, 0.05) is 45.8 Å². The Morgan fingerprint density at radius 2 is 1.77 bits per heavy atom. The van der Waals surface area contributed by atoms with Gasteiger partial charge in [0.05, 0.1) is 19.3 Å². The van der Waals surface area contributed by atoms with E-state index in [0.29, 0.717) is 38.7 Å². The summed E-state index contributed by atoms with van der Waals surface area (Å²) in [6.45, 7) is 2.68. The smallest absolute Gasteiger partial charge is 0.239 e. The predicted octanol–water partition coefficient (Wildman–Crippen LogP) is 1.99. The summed E-state index contributed by atoms with van der Waals surface area (Å²) in [5, 5.41) is 5.92. The molecule has 0 spiro atoms. The Morgan fingerprint density at radius 3 is 2.42 bits per heavy atom. The van der Waals surface area contributed by atoms with Crippen LogP contribution >= 0.6 is 0 Å². The van der Waals surface area contributed by atoms with E-state index in [1.165, 1.54) is 6.07 Å². The minimum absolute atomic E-state index is 0.0849. The van der Waals surface area contributed by atoms with Gasteiger partial charge in [0.2, 0.25) is 5.91 Å². The molecule has 2 aromatic rings. The molecule has 1 aliphatic heterocycles. The van der Waals surface area contributed by atoms with Crippen molar-refractivity contribution in [2.75, 3.05) is 51.8 Å². The fraction of sp³-hybridized carbons (Fsp3) is 0.364. The standard InChI is InChI=1S/C22H27F2N5O2/c1-25-22(27-15-21(30)26-14-16-3-6-18(31-2)7-4-16)29-11-9-28(10-12-29)20-13-17(23)5-8-19(20)24/h3-8,13H,9-12,14-15H2,1-2H3,(H,25,27)(H,26,30). The number of hydrogen-bond acceptors (Lipinski definition) is 4. The largest absolute Gasteiger partial charge is 0.497 e. The van der Waals surface area contributed by atoms with Crippen molar-refractivity contribution in [3.05, 3.63) is 59.7 Å².